The van der Waals surface area contributed by atoms with Gasteiger partial charge in [0.2, 0.25) is 0 Å². The van der Waals surface area contributed by atoms with Crippen LogP contribution in [0.25, 0.3) is 0 Å². The lowest BCUT2D eigenvalue weighted by Gasteiger charge is -2.27. The molecule has 0 heterocycles. The van der Waals surface area contributed by atoms with Crippen molar-refractivity contribution < 1.29 is 18.0 Å². The largest absolute Gasteiger partial charge is 0.405 e. The Bertz CT molecular complexity index is 457. The summed E-state index contributed by atoms with van der Waals surface area (Å²) in [5, 5.41) is 0. The van der Waals surface area contributed by atoms with Crippen molar-refractivity contribution in [3.8, 4) is 0 Å². The SMILES string of the molecule is O=Cc1ccc(N(CC(F)(F)F)C2CC2)c(Br)c1. The molecule has 1 aliphatic carbocycles. The summed E-state index contributed by atoms with van der Waals surface area (Å²) in [6, 6.07) is 4.56. The zero-order chi connectivity index (χ0) is 13.3. The molecule has 0 N–H and O–H groups in total. The summed E-state index contributed by atoms with van der Waals surface area (Å²) in [7, 11) is 0. The van der Waals surface area contributed by atoms with Crippen LogP contribution in [0.4, 0.5) is 18.9 Å². The number of nitrogens with zero attached hydrogens (tertiary/aromatic N) is 1. The molecule has 1 saturated carbocycles. The third-order valence-corrected chi connectivity index (χ3v) is 3.39. The lowest BCUT2D eigenvalue weighted by Crippen LogP contribution is -2.36. The molecule has 0 aliphatic heterocycles. The summed E-state index contributed by atoms with van der Waals surface area (Å²) >= 11 is 3.22. The average molecular weight is 322 g/mol. The van der Waals surface area contributed by atoms with Crippen LogP contribution in [0.3, 0.4) is 0 Å². The first-order valence-electron chi connectivity index (χ1n) is 5.49. The van der Waals surface area contributed by atoms with Crippen molar-refractivity contribution in [2.75, 3.05) is 11.4 Å². The number of halogens is 4. The Morgan fingerprint density at radius 1 is 1.39 bits per heavy atom. The molecule has 0 spiro atoms. The fourth-order valence-electron chi connectivity index (χ4n) is 1.82. The fourth-order valence-corrected chi connectivity index (χ4v) is 2.44. The van der Waals surface area contributed by atoms with E-state index in [-0.39, 0.29) is 6.04 Å². The summed E-state index contributed by atoms with van der Waals surface area (Å²) in [4.78, 5) is 11.9. The summed E-state index contributed by atoms with van der Waals surface area (Å²) in [6.45, 7) is -0.962. The second-order valence-electron chi connectivity index (χ2n) is 4.30. The third-order valence-electron chi connectivity index (χ3n) is 2.75. The highest BCUT2D eigenvalue weighted by Gasteiger charge is 2.38. The molecule has 0 atom stereocenters. The van der Waals surface area contributed by atoms with E-state index in [1.54, 1.807) is 6.07 Å². The van der Waals surface area contributed by atoms with Crippen molar-refractivity contribution in [3.05, 3.63) is 28.2 Å². The Kier molecular flexibility index (Phi) is 3.66. The quantitative estimate of drug-likeness (QED) is 0.786. The predicted molar refractivity (Wildman–Crippen MR) is 66.0 cm³/mol. The molecule has 98 valence electrons. The van der Waals surface area contributed by atoms with Gasteiger partial charge in [-0.05, 0) is 47.0 Å². The smallest absolute Gasteiger partial charge is 0.359 e. The summed E-state index contributed by atoms with van der Waals surface area (Å²) < 4.78 is 38.1. The van der Waals surface area contributed by atoms with Gasteiger partial charge in [0.05, 0.1) is 5.69 Å². The highest BCUT2D eigenvalue weighted by atomic mass is 79.9. The monoisotopic (exact) mass is 321 g/mol. The average Bonchev–Trinajstić information content (AvgIpc) is 3.08. The maximum Gasteiger partial charge on any atom is 0.405 e. The molecular weight excluding hydrogens is 311 g/mol. The van der Waals surface area contributed by atoms with Crippen LogP contribution in [0.1, 0.15) is 23.2 Å². The molecule has 0 bridgehead atoms. The van der Waals surface area contributed by atoms with E-state index in [4.69, 9.17) is 0 Å². The van der Waals surface area contributed by atoms with E-state index in [1.165, 1.54) is 17.0 Å². The van der Waals surface area contributed by atoms with Crippen LogP contribution in [-0.4, -0.2) is 25.0 Å². The van der Waals surface area contributed by atoms with Gasteiger partial charge in [0.1, 0.15) is 12.8 Å². The standard InChI is InChI=1S/C12H11BrF3NO/c13-10-5-8(6-18)1-4-11(10)17(9-2-3-9)7-12(14,15)16/h1,4-6,9H,2-3,7H2. The number of rotatable bonds is 4. The Morgan fingerprint density at radius 3 is 2.50 bits per heavy atom. The number of benzene rings is 1. The van der Waals surface area contributed by atoms with Gasteiger partial charge in [-0.25, -0.2) is 0 Å². The van der Waals surface area contributed by atoms with Crippen molar-refractivity contribution in [2.24, 2.45) is 0 Å². The van der Waals surface area contributed by atoms with Gasteiger partial charge in [-0.3, -0.25) is 4.79 Å². The van der Waals surface area contributed by atoms with E-state index in [0.29, 0.717) is 22.0 Å². The number of anilines is 1. The number of alkyl halides is 3. The molecule has 0 amide bonds. The van der Waals surface area contributed by atoms with Gasteiger partial charge in [-0.15, -0.1) is 0 Å². The zero-order valence-corrected chi connectivity index (χ0v) is 11.0. The molecule has 1 aromatic carbocycles. The highest BCUT2D eigenvalue weighted by Crippen LogP contribution is 2.38. The lowest BCUT2D eigenvalue weighted by atomic mass is 10.2. The minimum absolute atomic E-state index is 0.0509. The summed E-state index contributed by atoms with van der Waals surface area (Å²) in [5.41, 5.74) is 0.925. The lowest BCUT2D eigenvalue weighted by molar-refractivity contribution is -0.120. The maximum atomic E-state index is 12.5. The van der Waals surface area contributed by atoms with Crippen molar-refractivity contribution in [1.82, 2.24) is 0 Å². The van der Waals surface area contributed by atoms with E-state index in [1.807, 2.05) is 0 Å². The molecule has 0 unspecified atom stereocenters. The Balaban J connectivity index is 2.28. The first-order valence-corrected chi connectivity index (χ1v) is 6.28. The molecule has 18 heavy (non-hydrogen) atoms. The van der Waals surface area contributed by atoms with E-state index < -0.39 is 12.7 Å². The highest BCUT2D eigenvalue weighted by molar-refractivity contribution is 9.10. The Hall–Kier alpha value is -1.04. The van der Waals surface area contributed by atoms with Gasteiger partial charge in [0.15, 0.2) is 0 Å². The van der Waals surface area contributed by atoms with Crippen LogP contribution in [0.15, 0.2) is 22.7 Å². The minimum Gasteiger partial charge on any atom is -0.359 e. The first kappa shape index (κ1) is 13.4. The number of carbonyl (C=O) groups is 1. The molecule has 2 nitrogen and oxygen atoms in total. The van der Waals surface area contributed by atoms with Crippen LogP contribution < -0.4 is 4.90 Å². The van der Waals surface area contributed by atoms with E-state index in [9.17, 15) is 18.0 Å². The number of carbonyl (C=O) groups excluding carboxylic acids is 1. The van der Waals surface area contributed by atoms with Crippen molar-refractivity contribution >= 4 is 27.9 Å². The number of aldehydes is 1. The van der Waals surface area contributed by atoms with Gasteiger partial charge in [0.25, 0.3) is 0 Å². The van der Waals surface area contributed by atoms with Crippen molar-refractivity contribution in [3.63, 3.8) is 0 Å². The van der Waals surface area contributed by atoms with Gasteiger partial charge in [-0.2, -0.15) is 13.2 Å². The topological polar surface area (TPSA) is 20.3 Å². The minimum atomic E-state index is -4.23. The number of hydrogen-bond donors (Lipinski definition) is 0. The first-order chi connectivity index (χ1) is 8.40. The van der Waals surface area contributed by atoms with Crippen LogP contribution in [0.5, 0.6) is 0 Å². The number of hydrogen-bond acceptors (Lipinski definition) is 2. The molecule has 0 saturated heterocycles. The van der Waals surface area contributed by atoms with E-state index >= 15 is 0 Å². The zero-order valence-electron chi connectivity index (χ0n) is 9.38. The maximum absolute atomic E-state index is 12.5. The molecular formula is C12H11BrF3NO. The molecule has 0 aromatic heterocycles. The van der Waals surface area contributed by atoms with Gasteiger partial charge in [-0.1, -0.05) is 0 Å². The second kappa shape index (κ2) is 4.91. The molecule has 6 heteroatoms. The van der Waals surface area contributed by atoms with Gasteiger partial charge in [0, 0.05) is 16.1 Å². The normalized spacial score (nSPS) is 15.6. The van der Waals surface area contributed by atoms with Crippen LogP contribution >= 0.6 is 15.9 Å². The molecule has 0 radical (unpaired) electrons. The van der Waals surface area contributed by atoms with Gasteiger partial charge >= 0.3 is 6.18 Å². The summed E-state index contributed by atoms with van der Waals surface area (Å²) in [6.07, 6.45) is -2.01. The van der Waals surface area contributed by atoms with Crippen molar-refractivity contribution in [1.29, 1.82) is 0 Å². The van der Waals surface area contributed by atoms with E-state index in [0.717, 1.165) is 12.8 Å². The Morgan fingerprint density at radius 2 is 2.06 bits per heavy atom. The van der Waals surface area contributed by atoms with Crippen LogP contribution in [0.2, 0.25) is 0 Å². The summed E-state index contributed by atoms with van der Waals surface area (Å²) in [5.74, 6) is 0. The predicted octanol–water partition coefficient (Wildman–Crippen LogP) is 3.79. The fraction of sp³-hybridized carbons (Fsp3) is 0.417. The van der Waals surface area contributed by atoms with Crippen LogP contribution in [0, 0.1) is 0 Å². The molecule has 1 aliphatic rings. The van der Waals surface area contributed by atoms with Gasteiger partial charge < -0.3 is 4.90 Å². The second-order valence-corrected chi connectivity index (χ2v) is 5.16. The molecule has 1 aromatic rings. The van der Waals surface area contributed by atoms with Crippen molar-refractivity contribution in [2.45, 2.75) is 25.1 Å². The molecule has 2 rings (SSSR count). The third kappa shape index (κ3) is 3.25. The molecule has 1 fully saturated rings. The van der Waals surface area contributed by atoms with E-state index in [2.05, 4.69) is 15.9 Å². The van der Waals surface area contributed by atoms with Crippen LogP contribution in [-0.2, 0) is 0 Å². The Labute approximate surface area is 111 Å².